The summed E-state index contributed by atoms with van der Waals surface area (Å²) in [6, 6.07) is 11.6. The van der Waals surface area contributed by atoms with E-state index in [0.717, 1.165) is 19.2 Å². The summed E-state index contributed by atoms with van der Waals surface area (Å²) in [5.41, 5.74) is 7.20. The van der Waals surface area contributed by atoms with Crippen LogP contribution >= 0.6 is 38.9 Å². The van der Waals surface area contributed by atoms with Gasteiger partial charge in [-0.25, -0.2) is 0 Å². The summed E-state index contributed by atoms with van der Waals surface area (Å²) in [5.74, 6) is 0. The summed E-state index contributed by atoms with van der Waals surface area (Å²) in [5, 5.41) is 0.735. The first kappa shape index (κ1) is 11.1. The van der Waals surface area contributed by atoms with Crippen molar-refractivity contribution < 1.29 is 0 Å². The molecule has 0 spiro atoms. The summed E-state index contributed by atoms with van der Waals surface area (Å²) < 4.78 is 1.10. The summed E-state index contributed by atoms with van der Waals surface area (Å²) in [7, 11) is 0. The Labute approximate surface area is 106 Å². The van der Waals surface area contributed by atoms with Gasteiger partial charge >= 0.3 is 0 Å². The Morgan fingerprint density at radius 3 is 2.33 bits per heavy atom. The molecule has 1 aromatic heterocycles. The van der Waals surface area contributed by atoms with Crippen LogP contribution in [-0.2, 0) is 0 Å². The lowest BCUT2D eigenvalue weighted by Crippen LogP contribution is -2.09. The minimum atomic E-state index is -0.0708. The molecule has 0 aliphatic carbocycles. The molecule has 0 radical (unpaired) electrons. The smallest absolute Gasteiger partial charge is 0.0702 e. The van der Waals surface area contributed by atoms with Crippen LogP contribution in [0, 0.1) is 0 Å². The Hall–Kier alpha value is -0.350. The first-order valence-electron chi connectivity index (χ1n) is 4.43. The van der Waals surface area contributed by atoms with Crippen molar-refractivity contribution in [1.82, 2.24) is 0 Å². The highest BCUT2D eigenvalue weighted by Crippen LogP contribution is 2.30. The maximum atomic E-state index is 6.13. The van der Waals surface area contributed by atoms with E-state index in [1.54, 1.807) is 11.3 Å². The summed E-state index contributed by atoms with van der Waals surface area (Å²) in [4.78, 5) is 1.14. The van der Waals surface area contributed by atoms with Crippen molar-refractivity contribution in [3.8, 4) is 0 Å². The van der Waals surface area contributed by atoms with Crippen molar-refractivity contribution in [3.63, 3.8) is 0 Å². The lowest BCUT2D eigenvalue weighted by molar-refractivity contribution is 0.894. The second-order valence-electron chi connectivity index (χ2n) is 3.17. The molecule has 1 nitrogen and oxygen atoms in total. The van der Waals surface area contributed by atoms with Crippen LogP contribution in [0.2, 0.25) is 5.02 Å². The molecule has 0 aliphatic heterocycles. The monoisotopic (exact) mass is 301 g/mol. The molecule has 78 valence electrons. The number of hydrogen-bond donors (Lipinski definition) is 1. The molecule has 1 atom stereocenters. The number of halogens is 2. The Kier molecular flexibility index (Phi) is 3.46. The largest absolute Gasteiger partial charge is 0.320 e. The van der Waals surface area contributed by atoms with Gasteiger partial charge < -0.3 is 5.73 Å². The van der Waals surface area contributed by atoms with E-state index in [9.17, 15) is 0 Å². The third-order valence-electron chi connectivity index (χ3n) is 2.13. The van der Waals surface area contributed by atoms with Gasteiger partial charge in [-0.1, -0.05) is 23.7 Å². The van der Waals surface area contributed by atoms with Gasteiger partial charge in [0, 0.05) is 9.90 Å². The van der Waals surface area contributed by atoms with Gasteiger partial charge in [-0.2, -0.15) is 0 Å². The molecule has 15 heavy (non-hydrogen) atoms. The van der Waals surface area contributed by atoms with Crippen molar-refractivity contribution in [2.45, 2.75) is 6.04 Å². The second-order valence-corrected chi connectivity index (χ2v) is 6.10. The molecule has 0 aliphatic rings. The highest BCUT2D eigenvalue weighted by atomic mass is 79.9. The Balaban J connectivity index is 2.28. The number of thiophene rings is 1. The fourth-order valence-electron chi connectivity index (χ4n) is 1.33. The minimum absolute atomic E-state index is 0.0708. The fraction of sp³-hybridized carbons (Fsp3) is 0.0909. The molecule has 4 heteroatoms. The number of rotatable bonds is 2. The van der Waals surface area contributed by atoms with Gasteiger partial charge in [-0.15, -0.1) is 11.3 Å². The molecule has 1 aromatic carbocycles. The average Bonchev–Trinajstić information content (AvgIpc) is 2.65. The molecule has 2 aromatic rings. The van der Waals surface area contributed by atoms with E-state index in [0.29, 0.717) is 0 Å². The van der Waals surface area contributed by atoms with Crippen LogP contribution < -0.4 is 5.73 Å². The molecule has 0 amide bonds. The van der Waals surface area contributed by atoms with Gasteiger partial charge in [0.1, 0.15) is 0 Å². The Morgan fingerprint density at radius 1 is 1.13 bits per heavy atom. The molecule has 2 N–H and O–H groups in total. The third-order valence-corrected chi connectivity index (χ3v) is 4.09. The predicted octanol–water partition coefficient (Wildman–Crippen LogP) is 4.21. The van der Waals surface area contributed by atoms with E-state index in [2.05, 4.69) is 15.9 Å². The SMILES string of the molecule is NC(c1ccc(Cl)cc1)c1ccc(Br)s1. The van der Waals surface area contributed by atoms with E-state index in [4.69, 9.17) is 17.3 Å². The van der Waals surface area contributed by atoms with Gasteiger partial charge in [-0.3, -0.25) is 0 Å². The highest BCUT2D eigenvalue weighted by Gasteiger charge is 2.10. The van der Waals surface area contributed by atoms with Gasteiger partial charge in [0.05, 0.1) is 9.83 Å². The average molecular weight is 303 g/mol. The van der Waals surface area contributed by atoms with Crippen LogP contribution in [-0.4, -0.2) is 0 Å². The van der Waals surface area contributed by atoms with E-state index in [-0.39, 0.29) is 6.04 Å². The zero-order chi connectivity index (χ0) is 10.8. The zero-order valence-corrected chi connectivity index (χ0v) is 10.9. The molecule has 0 saturated heterocycles. The third kappa shape index (κ3) is 2.61. The van der Waals surface area contributed by atoms with Crippen LogP contribution in [0.15, 0.2) is 40.2 Å². The van der Waals surface area contributed by atoms with E-state index >= 15 is 0 Å². The number of nitrogens with two attached hydrogens (primary N) is 1. The molecule has 1 unspecified atom stereocenters. The van der Waals surface area contributed by atoms with Crippen molar-refractivity contribution in [3.05, 3.63) is 55.6 Å². The first-order valence-corrected chi connectivity index (χ1v) is 6.42. The molecule has 0 fully saturated rings. The molecular formula is C11H9BrClNS. The maximum Gasteiger partial charge on any atom is 0.0702 e. The van der Waals surface area contributed by atoms with E-state index in [1.807, 2.05) is 36.4 Å². The zero-order valence-electron chi connectivity index (χ0n) is 7.78. The van der Waals surface area contributed by atoms with Gasteiger partial charge in [0.15, 0.2) is 0 Å². The molecule has 2 rings (SSSR count). The van der Waals surface area contributed by atoms with Crippen LogP contribution in [0.3, 0.4) is 0 Å². The van der Waals surface area contributed by atoms with Crippen LogP contribution in [0.25, 0.3) is 0 Å². The summed E-state index contributed by atoms with van der Waals surface area (Å²) in [6.07, 6.45) is 0. The lowest BCUT2D eigenvalue weighted by Gasteiger charge is -2.09. The maximum absolute atomic E-state index is 6.13. The number of benzene rings is 1. The Morgan fingerprint density at radius 2 is 1.80 bits per heavy atom. The normalized spacial score (nSPS) is 12.7. The second kappa shape index (κ2) is 4.66. The number of hydrogen-bond acceptors (Lipinski definition) is 2. The van der Waals surface area contributed by atoms with Gasteiger partial charge in [-0.05, 0) is 45.8 Å². The summed E-state index contributed by atoms with van der Waals surface area (Å²) in [6.45, 7) is 0. The highest BCUT2D eigenvalue weighted by molar-refractivity contribution is 9.11. The molecule has 0 saturated carbocycles. The quantitative estimate of drug-likeness (QED) is 0.883. The fourth-order valence-corrected chi connectivity index (χ4v) is 2.91. The first-order chi connectivity index (χ1) is 7.16. The topological polar surface area (TPSA) is 26.0 Å². The molecule has 0 bridgehead atoms. The van der Waals surface area contributed by atoms with E-state index in [1.165, 1.54) is 0 Å². The molecule has 1 heterocycles. The van der Waals surface area contributed by atoms with Crippen molar-refractivity contribution in [2.75, 3.05) is 0 Å². The summed E-state index contributed by atoms with van der Waals surface area (Å²) >= 11 is 10.9. The molecular weight excluding hydrogens is 294 g/mol. The van der Waals surface area contributed by atoms with Crippen LogP contribution in [0.4, 0.5) is 0 Å². The standard InChI is InChI=1S/C11H9BrClNS/c12-10-6-5-9(15-10)11(14)7-1-3-8(13)4-2-7/h1-6,11H,14H2. The predicted molar refractivity (Wildman–Crippen MR) is 69.5 cm³/mol. The minimum Gasteiger partial charge on any atom is -0.320 e. The van der Waals surface area contributed by atoms with Gasteiger partial charge in [0.25, 0.3) is 0 Å². The lowest BCUT2D eigenvalue weighted by atomic mass is 10.1. The van der Waals surface area contributed by atoms with Crippen molar-refractivity contribution >= 4 is 38.9 Å². The van der Waals surface area contributed by atoms with E-state index < -0.39 is 0 Å². The van der Waals surface area contributed by atoms with Crippen LogP contribution in [0.5, 0.6) is 0 Å². The van der Waals surface area contributed by atoms with Crippen molar-refractivity contribution in [2.24, 2.45) is 5.73 Å². The van der Waals surface area contributed by atoms with Crippen molar-refractivity contribution in [1.29, 1.82) is 0 Å². The van der Waals surface area contributed by atoms with Crippen LogP contribution in [0.1, 0.15) is 16.5 Å². The van der Waals surface area contributed by atoms with Gasteiger partial charge in [0.2, 0.25) is 0 Å². The Bertz CT molecular complexity index is 452.